The first-order valence-electron chi connectivity index (χ1n) is 8.88. The van der Waals surface area contributed by atoms with Gasteiger partial charge in [-0.3, -0.25) is 15.0 Å². The zero-order valence-electron chi connectivity index (χ0n) is 16.3. The van der Waals surface area contributed by atoms with E-state index in [9.17, 15) is 18.0 Å². The van der Waals surface area contributed by atoms with Crippen LogP contribution in [0.4, 0.5) is 0 Å². The standard InChI is InChI=1S/C21H21N3O4S/c1-14-13-20(15(2)24(14)18-7-5-4-6-8-18)21(26)22-23-29(27,28)19-11-9-17(10-12-19)16(3)25/h4-13,23H,1-3H3,(H,22,26). The summed E-state index contributed by atoms with van der Waals surface area (Å²) in [6.45, 7) is 5.06. The Morgan fingerprint density at radius 3 is 2.14 bits per heavy atom. The van der Waals surface area contributed by atoms with Crippen LogP contribution in [0.2, 0.25) is 0 Å². The zero-order chi connectivity index (χ0) is 21.2. The van der Waals surface area contributed by atoms with E-state index in [0.29, 0.717) is 16.8 Å². The summed E-state index contributed by atoms with van der Waals surface area (Å²) in [6.07, 6.45) is 0. The van der Waals surface area contributed by atoms with Gasteiger partial charge in [-0.05, 0) is 51.1 Å². The van der Waals surface area contributed by atoms with Crippen LogP contribution in [0.5, 0.6) is 0 Å². The van der Waals surface area contributed by atoms with Crippen LogP contribution in [0.25, 0.3) is 5.69 Å². The lowest BCUT2D eigenvalue weighted by molar-refractivity contribution is 0.0943. The first-order valence-corrected chi connectivity index (χ1v) is 10.4. The van der Waals surface area contributed by atoms with E-state index in [4.69, 9.17) is 0 Å². The Morgan fingerprint density at radius 2 is 1.55 bits per heavy atom. The number of nitrogens with zero attached hydrogens (tertiary/aromatic N) is 1. The number of para-hydroxylation sites is 1. The highest BCUT2D eigenvalue weighted by Crippen LogP contribution is 2.20. The van der Waals surface area contributed by atoms with Crippen LogP contribution < -0.4 is 10.3 Å². The van der Waals surface area contributed by atoms with Crippen LogP contribution >= 0.6 is 0 Å². The fraction of sp³-hybridized carbons (Fsp3) is 0.143. The Bertz CT molecular complexity index is 1160. The molecule has 0 aliphatic rings. The molecule has 0 saturated carbocycles. The van der Waals surface area contributed by atoms with Gasteiger partial charge in [0.05, 0.1) is 10.5 Å². The van der Waals surface area contributed by atoms with E-state index in [2.05, 4.69) is 10.3 Å². The first kappa shape index (κ1) is 20.5. The molecular formula is C21H21N3O4S. The van der Waals surface area contributed by atoms with E-state index in [1.54, 1.807) is 13.0 Å². The maximum Gasteiger partial charge on any atom is 0.268 e. The second kappa shape index (κ2) is 8.02. The second-order valence-corrected chi connectivity index (χ2v) is 8.28. The summed E-state index contributed by atoms with van der Waals surface area (Å²) in [5.41, 5.74) is 5.47. The Labute approximate surface area is 169 Å². The van der Waals surface area contributed by atoms with Crippen LogP contribution in [-0.4, -0.2) is 24.7 Å². The molecule has 150 valence electrons. The molecule has 0 saturated heterocycles. The minimum absolute atomic E-state index is 0.0578. The minimum atomic E-state index is -3.97. The van der Waals surface area contributed by atoms with E-state index in [-0.39, 0.29) is 10.7 Å². The molecule has 1 amide bonds. The molecule has 0 fully saturated rings. The van der Waals surface area contributed by atoms with Gasteiger partial charge in [0.15, 0.2) is 5.78 Å². The SMILES string of the molecule is CC(=O)c1ccc(S(=O)(=O)NNC(=O)c2cc(C)n(-c3ccccc3)c2C)cc1. The molecule has 1 heterocycles. The highest BCUT2D eigenvalue weighted by molar-refractivity contribution is 7.89. The fourth-order valence-corrected chi connectivity index (χ4v) is 3.91. The van der Waals surface area contributed by atoms with Gasteiger partial charge in [-0.15, -0.1) is 4.83 Å². The Hall–Kier alpha value is -3.23. The molecule has 8 heteroatoms. The molecule has 2 N–H and O–H groups in total. The number of aromatic nitrogens is 1. The summed E-state index contributed by atoms with van der Waals surface area (Å²) in [5.74, 6) is -0.729. The Balaban J connectivity index is 1.78. The van der Waals surface area contributed by atoms with Crippen molar-refractivity contribution in [2.45, 2.75) is 25.7 Å². The number of aryl methyl sites for hydroxylation is 1. The van der Waals surface area contributed by atoms with Crippen molar-refractivity contribution in [3.63, 3.8) is 0 Å². The van der Waals surface area contributed by atoms with Crippen molar-refractivity contribution in [1.29, 1.82) is 0 Å². The first-order chi connectivity index (χ1) is 13.7. The predicted molar refractivity (Wildman–Crippen MR) is 109 cm³/mol. The van der Waals surface area contributed by atoms with Crippen molar-refractivity contribution in [3.8, 4) is 5.69 Å². The zero-order valence-corrected chi connectivity index (χ0v) is 17.1. The maximum absolute atomic E-state index is 12.6. The predicted octanol–water partition coefficient (Wildman–Crippen LogP) is 2.92. The van der Waals surface area contributed by atoms with Crippen molar-refractivity contribution < 1.29 is 18.0 Å². The third-order valence-electron chi connectivity index (χ3n) is 4.56. The summed E-state index contributed by atoms with van der Waals surface area (Å²) in [6, 6.07) is 16.7. The van der Waals surface area contributed by atoms with Gasteiger partial charge in [-0.25, -0.2) is 8.42 Å². The lowest BCUT2D eigenvalue weighted by Gasteiger charge is -2.11. The molecule has 1 aromatic heterocycles. The molecule has 7 nitrogen and oxygen atoms in total. The van der Waals surface area contributed by atoms with Gasteiger partial charge in [0.2, 0.25) is 0 Å². The van der Waals surface area contributed by atoms with Crippen LogP contribution in [0.1, 0.15) is 39.0 Å². The summed E-state index contributed by atoms with van der Waals surface area (Å²) in [7, 11) is -3.97. The third-order valence-corrected chi connectivity index (χ3v) is 5.82. The number of amides is 1. The molecule has 0 radical (unpaired) electrons. The van der Waals surface area contributed by atoms with E-state index in [0.717, 1.165) is 11.4 Å². The average molecular weight is 411 g/mol. The fourth-order valence-electron chi connectivity index (χ4n) is 3.08. The highest BCUT2D eigenvalue weighted by atomic mass is 32.2. The molecule has 3 rings (SSSR count). The number of hydrazine groups is 1. The molecule has 0 aliphatic carbocycles. The lowest BCUT2D eigenvalue weighted by atomic mass is 10.2. The highest BCUT2D eigenvalue weighted by Gasteiger charge is 2.20. The third kappa shape index (κ3) is 4.28. The van der Waals surface area contributed by atoms with Gasteiger partial charge in [0.1, 0.15) is 0 Å². The van der Waals surface area contributed by atoms with Gasteiger partial charge in [-0.1, -0.05) is 30.3 Å². The summed E-state index contributed by atoms with van der Waals surface area (Å²) in [5, 5.41) is 0. The van der Waals surface area contributed by atoms with Crippen LogP contribution in [0, 0.1) is 13.8 Å². The lowest BCUT2D eigenvalue weighted by Crippen LogP contribution is -2.41. The van der Waals surface area contributed by atoms with Crippen molar-refractivity contribution in [1.82, 2.24) is 14.8 Å². The van der Waals surface area contributed by atoms with Gasteiger partial charge in [0.25, 0.3) is 15.9 Å². The number of nitrogens with one attached hydrogen (secondary N) is 2. The van der Waals surface area contributed by atoms with E-state index >= 15 is 0 Å². The number of rotatable bonds is 6. The van der Waals surface area contributed by atoms with Crippen molar-refractivity contribution in [2.75, 3.05) is 0 Å². The molecule has 2 aromatic carbocycles. The number of benzene rings is 2. The molecule has 3 aromatic rings. The molecular weight excluding hydrogens is 390 g/mol. The molecule has 29 heavy (non-hydrogen) atoms. The van der Waals surface area contributed by atoms with E-state index in [1.165, 1.54) is 31.2 Å². The van der Waals surface area contributed by atoms with Crippen molar-refractivity contribution >= 4 is 21.7 Å². The Kier molecular flexibility index (Phi) is 5.67. The number of ketones is 1. The largest absolute Gasteiger partial charge is 0.318 e. The van der Waals surface area contributed by atoms with Crippen LogP contribution in [0.3, 0.4) is 0 Å². The maximum atomic E-state index is 12.6. The van der Waals surface area contributed by atoms with Crippen molar-refractivity contribution in [2.24, 2.45) is 0 Å². The molecule has 0 atom stereocenters. The van der Waals surface area contributed by atoms with Crippen molar-refractivity contribution in [3.05, 3.63) is 83.2 Å². The van der Waals surface area contributed by atoms with E-state index < -0.39 is 15.9 Å². The normalized spacial score (nSPS) is 11.3. The monoisotopic (exact) mass is 411 g/mol. The second-order valence-electron chi connectivity index (χ2n) is 6.60. The van der Waals surface area contributed by atoms with E-state index in [1.807, 2.05) is 41.8 Å². The number of Topliss-reactive ketones (excluding diaryl/α,β-unsaturated/α-hetero) is 1. The number of carbonyl (C=O) groups excluding carboxylic acids is 2. The molecule has 0 unspecified atom stereocenters. The van der Waals surface area contributed by atoms with Crippen LogP contribution in [-0.2, 0) is 10.0 Å². The minimum Gasteiger partial charge on any atom is -0.318 e. The van der Waals surface area contributed by atoms with Gasteiger partial charge < -0.3 is 4.57 Å². The summed E-state index contributed by atoms with van der Waals surface area (Å²) < 4.78 is 26.7. The summed E-state index contributed by atoms with van der Waals surface area (Å²) >= 11 is 0. The topological polar surface area (TPSA) is 97.3 Å². The Morgan fingerprint density at radius 1 is 0.931 bits per heavy atom. The van der Waals surface area contributed by atoms with Gasteiger partial charge >= 0.3 is 0 Å². The van der Waals surface area contributed by atoms with Gasteiger partial charge in [0, 0.05) is 22.6 Å². The smallest absolute Gasteiger partial charge is 0.268 e. The molecule has 0 spiro atoms. The summed E-state index contributed by atoms with van der Waals surface area (Å²) in [4.78, 5) is 25.9. The molecule has 0 bridgehead atoms. The molecule has 0 aliphatic heterocycles. The number of carbonyl (C=O) groups is 2. The van der Waals surface area contributed by atoms with Gasteiger partial charge in [-0.2, -0.15) is 0 Å². The number of hydrogen-bond donors (Lipinski definition) is 2. The van der Waals surface area contributed by atoms with Crippen LogP contribution in [0.15, 0.2) is 65.6 Å². The number of sulfonamides is 1. The average Bonchev–Trinajstić information content (AvgIpc) is 3.01. The quantitative estimate of drug-likeness (QED) is 0.481. The number of hydrogen-bond acceptors (Lipinski definition) is 4.